The number of carbonyl (C=O) groups is 2. The zero-order chi connectivity index (χ0) is 36.9. The number of nitrogens with one attached hydrogen (secondary N) is 3. The Kier molecular flexibility index (Phi) is 10.2. The number of aliphatic hydroxyl groups is 1. The predicted molar refractivity (Wildman–Crippen MR) is 198 cm³/mol. The molecule has 4 aromatic heterocycles. The molecule has 2 aliphatic carbocycles. The van der Waals surface area contributed by atoms with E-state index < -0.39 is 0 Å². The molecule has 0 bridgehead atoms. The number of aliphatic hydroxyl groups excluding tert-OH is 1. The van der Waals surface area contributed by atoms with Gasteiger partial charge in [-0.3, -0.25) is 14.2 Å². The molecule has 1 amide bonds. The van der Waals surface area contributed by atoms with Crippen LogP contribution in [0.3, 0.4) is 0 Å². The normalized spacial score (nSPS) is 12.2. The molecular formula is C38H39N11O4. The van der Waals surface area contributed by atoms with Gasteiger partial charge in [-0.25, -0.2) is 24.7 Å². The van der Waals surface area contributed by atoms with Crippen LogP contribution in [0.25, 0.3) is 22.8 Å². The number of carbonyl (C=O) groups excluding carboxylic acids is 2. The molecule has 0 spiro atoms. The molecule has 2 aliphatic rings. The highest BCUT2D eigenvalue weighted by atomic mass is 16.5. The molecule has 270 valence electrons. The van der Waals surface area contributed by atoms with Crippen molar-refractivity contribution in [3.8, 4) is 22.8 Å². The number of hydrogen-bond donors (Lipinski definition) is 4. The number of amides is 1. The minimum atomic E-state index is -0.385. The smallest absolute Gasteiger partial charge is 0.359 e. The van der Waals surface area contributed by atoms with Gasteiger partial charge in [-0.05, 0) is 68.0 Å². The maximum atomic E-state index is 12.4. The van der Waals surface area contributed by atoms with Crippen LogP contribution < -0.4 is 16.0 Å². The highest BCUT2D eigenvalue weighted by Crippen LogP contribution is 2.35. The largest absolute Gasteiger partial charge is 0.461 e. The molecule has 4 N–H and O–H groups in total. The number of nitrogens with zero attached hydrogens (tertiary/aromatic N) is 8. The Morgan fingerprint density at radius 1 is 0.736 bits per heavy atom. The van der Waals surface area contributed by atoms with Crippen molar-refractivity contribution in [2.24, 2.45) is 14.1 Å². The molecule has 15 nitrogen and oxygen atoms in total. The third-order valence-corrected chi connectivity index (χ3v) is 8.90. The number of para-hydroxylation sites is 2. The minimum Gasteiger partial charge on any atom is -0.461 e. The van der Waals surface area contributed by atoms with E-state index in [9.17, 15) is 9.59 Å². The number of rotatable bonds is 9. The van der Waals surface area contributed by atoms with Crippen LogP contribution in [0.2, 0.25) is 0 Å². The SMILES string of the molecule is CCOC(=O)c1nn(C)c2c1CCc1cnc(Nc3ccccc3)nc1-2.Cn1nc(C(=O)NCCO)c2c1-c1nc(Nc3ccccc3)ncc1CC2. The Hall–Kier alpha value is -6.48. The average Bonchev–Trinajstić information content (AvgIpc) is 3.71. The van der Waals surface area contributed by atoms with Gasteiger partial charge in [0.25, 0.3) is 5.91 Å². The van der Waals surface area contributed by atoms with Gasteiger partial charge in [0, 0.05) is 55.5 Å². The van der Waals surface area contributed by atoms with E-state index in [0.29, 0.717) is 36.3 Å². The molecular weight excluding hydrogens is 674 g/mol. The van der Waals surface area contributed by atoms with E-state index in [-0.39, 0.29) is 25.0 Å². The Morgan fingerprint density at radius 2 is 1.23 bits per heavy atom. The van der Waals surface area contributed by atoms with Gasteiger partial charge in [0.2, 0.25) is 11.9 Å². The molecule has 8 rings (SSSR count). The molecule has 4 heterocycles. The van der Waals surface area contributed by atoms with Gasteiger partial charge in [0.05, 0.1) is 36.0 Å². The molecule has 0 radical (unpaired) electrons. The summed E-state index contributed by atoms with van der Waals surface area (Å²) in [7, 11) is 3.63. The molecule has 0 aliphatic heterocycles. The molecule has 2 aromatic carbocycles. The summed E-state index contributed by atoms with van der Waals surface area (Å²) in [5, 5.41) is 26.8. The number of aryl methyl sites for hydroxylation is 4. The first-order chi connectivity index (χ1) is 25.8. The van der Waals surface area contributed by atoms with Crippen molar-refractivity contribution in [1.82, 2.24) is 44.8 Å². The lowest BCUT2D eigenvalue weighted by Gasteiger charge is -2.17. The van der Waals surface area contributed by atoms with Gasteiger partial charge in [-0.15, -0.1) is 0 Å². The van der Waals surface area contributed by atoms with Gasteiger partial charge >= 0.3 is 5.97 Å². The third kappa shape index (κ3) is 7.32. The first kappa shape index (κ1) is 34.9. The summed E-state index contributed by atoms with van der Waals surface area (Å²) < 4.78 is 8.54. The van der Waals surface area contributed by atoms with Crippen molar-refractivity contribution < 1.29 is 19.4 Å². The van der Waals surface area contributed by atoms with Gasteiger partial charge < -0.3 is 25.8 Å². The van der Waals surface area contributed by atoms with Crippen LogP contribution in [0.5, 0.6) is 0 Å². The Bertz CT molecular complexity index is 2270. The highest BCUT2D eigenvalue weighted by Gasteiger charge is 2.30. The summed E-state index contributed by atoms with van der Waals surface area (Å²) in [5.74, 6) is 0.354. The number of benzene rings is 2. The number of anilines is 4. The van der Waals surface area contributed by atoms with E-state index >= 15 is 0 Å². The maximum Gasteiger partial charge on any atom is 0.359 e. The zero-order valence-corrected chi connectivity index (χ0v) is 29.6. The van der Waals surface area contributed by atoms with E-state index in [0.717, 1.165) is 75.7 Å². The zero-order valence-electron chi connectivity index (χ0n) is 29.6. The quantitative estimate of drug-likeness (QED) is 0.156. The third-order valence-electron chi connectivity index (χ3n) is 8.90. The Balaban J connectivity index is 0.000000164. The van der Waals surface area contributed by atoms with E-state index in [4.69, 9.17) is 19.8 Å². The standard InChI is InChI=1S/C19H20N6O2.C19H19N5O2/c1-25-17-14(16(24-25)18(27)20-9-10-26)8-7-12-11-21-19(23-15(12)17)22-13-5-3-2-4-6-13;1-3-26-18(25)16-14-10-9-12-11-20-19(21-13-7-5-4-6-8-13)22-15(12)17(14)24(2)23-16/h2-6,11,26H,7-10H2,1H3,(H,20,27)(H,21,22,23);4-8,11H,3,9-10H2,1-2H3,(H,20,21,22). The fourth-order valence-corrected chi connectivity index (χ4v) is 6.53. The van der Waals surface area contributed by atoms with Crippen molar-refractivity contribution in [3.63, 3.8) is 0 Å². The minimum absolute atomic E-state index is 0.106. The Labute approximate surface area is 305 Å². The van der Waals surface area contributed by atoms with Crippen molar-refractivity contribution in [1.29, 1.82) is 0 Å². The van der Waals surface area contributed by atoms with Gasteiger partial charge in [-0.1, -0.05) is 36.4 Å². The molecule has 0 saturated carbocycles. The lowest BCUT2D eigenvalue weighted by atomic mass is 9.93. The summed E-state index contributed by atoms with van der Waals surface area (Å²) in [4.78, 5) is 42.8. The second-order valence-corrected chi connectivity index (χ2v) is 12.4. The van der Waals surface area contributed by atoms with Crippen LogP contribution in [0, 0.1) is 0 Å². The van der Waals surface area contributed by atoms with E-state index in [2.05, 4.69) is 36.1 Å². The fourth-order valence-electron chi connectivity index (χ4n) is 6.53. The van der Waals surface area contributed by atoms with Crippen molar-refractivity contribution >= 4 is 35.1 Å². The van der Waals surface area contributed by atoms with Crippen molar-refractivity contribution in [2.75, 3.05) is 30.4 Å². The van der Waals surface area contributed by atoms with Crippen LogP contribution in [0.4, 0.5) is 23.3 Å². The number of hydrogen-bond acceptors (Lipinski definition) is 12. The van der Waals surface area contributed by atoms with Crippen molar-refractivity contribution in [3.05, 3.63) is 107 Å². The summed E-state index contributed by atoms with van der Waals surface area (Å²) >= 11 is 0. The van der Waals surface area contributed by atoms with Gasteiger partial charge in [-0.2, -0.15) is 10.2 Å². The monoisotopic (exact) mass is 713 g/mol. The van der Waals surface area contributed by atoms with Gasteiger partial charge in [0.15, 0.2) is 11.4 Å². The molecule has 0 saturated heterocycles. The number of fused-ring (bicyclic) bond motifs is 6. The summed E-state index contributed by atoms with van der Waals surface area (Å²) in [6.45, 7) is 2.21. The first-order valence-electron chi connectivity index (χ1n) is 17.4. The molecule has 0 unspecified atom stereocenters. The lowest BCUT2D eigenvalue weighted by Crippen LogP contribution is -2.28. The van der Waals surface area contributed by atoms with E-state index in [1.807, 2.05) is 87.2 Å². The summed E-state index contributed by atoms with van der Waals surface area (Å²) in [6, 6.07) is 19.5. The van der Waals surface area contributed by atoms with Gasteiger partial charge in [0.1, 0.15) is 0 Å². The molecule has 6 aromatic rings. The maximum absolute atomic E-state index is 12.4. The highest BCUT2D eigenvalue weighted by molar-refractivity contribution is 5.96. The summed E-state index contributed by atoms with van der Waals surface area (Å²) in [5.41, 5.74) is 9.74. The molecule has 15 heteroatoms. The molecule has 53 heavy (non-hydrogen) atoms. The van der Waals surface area contributed by atoms with E-state index in [1.54, 1.807) is 16.3 Å². The average molecular weight is 714 g/mol. The number of aromatic nitrogens is 8. The van der Waals surface area contributed by atoms with Crippen LogP contribution in [0.1, 0.15) is 50.2 Å². The second-order valence-electron chi connectivity index (χ2n) is 12.4. The van der Waals surface area contributed by atoms with Crippen LogP contribution >= 0.6 is 0 Å². The second kappa shape index (κ2) is 15.4. The van der Waals surface area contributed by atoms with Crippen LogP contribution in [-0.2, 0) is 44.5 Å². The van der Waals surface area contributed by atoms with E-state index in [1.165, 1.54) is 0 Å². The first-order valence-corrected chi connectivity index (χ1v) is 17.4. The molecule has 0 fully saturated rings. The predicted octanol–water partition coefficient (Wildman–Crippen LogP) is 4.34. The fraction of sp³-hybridized carbons (Fsp3) is 0.263. The number of esters is 1. The van der Waals surface area contributed by atoms with Crippen LogP contribution in [-0.4, -0.2) is 76.2 Å². The number of ether oxygens (including phenoxy) is 1. The van der Waals surface area contributed by atoms with Crippen molar-refractivity contribution in [2.45, 2.75) is 32.6 Å². The Morgan fingerprint density at radius 3 is 1.72 bits per heavy atom. The molecule has 0 atom stereocenters. The van der Waals surface area contributed by atoms with Crippen LogP contribution in [0.15, 0.2) is 73.1 Å². The topological polar surface area (TPSA) is 187 Å². The lowest BCUT2D eigenvalue weighted by molar-refractivity contribution is 0.0517. The summed E-state index contributed by atoms with van der Waals surface area (Å²) in [6.07, 6.45) is 6.61.